The first-order chi connectivity index (χ1) is 17.8. The van der Waals surface area contributed by atoms with Gasteiger partial charge in [0, 0.05) is 42.0 Å². The van der Waals surface area contributed by atoms with Gasteiger partial charge in [-0.3, -0.25) is 14.4 Å². The standard InChI is InChI=1S/C28H27ClN4O4/c1-17(34)33(14-13-30-2)22-10-8-21(9-11-22)31-27(19-5-3-18(4-6-19)15-25(35)36)26-23-12-7-20(29)16-24(23)32-28(26)37/h3-12,16,30-31H,13-15H2,1-2H3,(H,32,37)(H,35,36). The van der Waals surface area contributed by atoms with Gasteiger partial charge in [-0.2, -0.15) is 0 Å². The fourth-order valence-electron chi connectivity index (χ4n) is 4.20. The third-order valence-corrected chi connectivity index (χ3v) is 6.22. The topological polar surface area (TPSA) is 111 Å². The number of carboxylic acid groups (broad SMARTS) is 1. The summed E-state index contributed by atoms with van der Waals surface area (Å²) in [7, 11) is 1.83. The highest BCUT2D eigenvalue weighted by atomic mass is 35.5. The molecule has 0 fully saturated rings. The zero-order valence-corrected chi connectivity index (χ0v) is 21.2. The van der Waals surface area contributed by atoms with Gasteiger partial charge in [-0.1, -0.05) is 41.9 Å². The van der Waals surface area contributed by atoms with Crippen molar-refractivity contribution in [1.29, 1.82) is 0 Å². The number of aliphatic carboxylic acids is 1. The minimum absolute atomic E-state index is 0.0573. The van der Waals surface area contributed by atoms with Crippen molar-refractivity contribution in [3.63, 3.8) is 0 Å². The van der Waals surface area contributed by atoms with Crippen molar-refractivity contribution in [3.8, 4) is 0 Å². The molecule has 9 heteroatoms. The maximum atomic E-state index is 13.1. The minimum Gasteiger partial charge on any atom is -0.481 e. The average Bonchev–Trinajstić information content (AvgIpc) is 3.18. The molecule has 0 radical (unpaired) electrons. The number of nitrogens with zero attached hydrogens (tertiary/aromatic N) is 1. The summed E-state index contributed by atoms with van der Waals surface area (Å²) in [6.07, 6.45) is -0.0942. The van der Waals surface area contributed by atoms with E-state index in [-0.39, 0.29) is 18.2 Å². The molecule has 1 aliphatic heterocycles. The maximum absolute atomic E-state index is 13.1. The van der Waals surface area contributed by atoms with Crippen LogP contribution in [0, 0.1) is 0 Å². The second-order valence-corrected chi connectivity index (χ2v) is 9.04. The van der Waals surface area contributed by atoms with E-state index in [1.54, 1.807) is 47.4 Å². The van der Waals surface area contributed by atoms with E-state index >= 15 is 0 Å². The smallest absolute Gasteiger partial charge is 0.307 e. The number of carbonyl (C=O) groups is 3. The number of likely N-dealkylation sites (N-methyl/N-ethyl adjacent to an activating group) is 1. The van der Waals surface area contributed by atoms with E-state index in [2.05, 4.69) is 16.0 Å². The lowest BCUT2D eigenvalue weighted by molar-refractivity contribution is -0.136. The van der Waals surface area contributed by atoms with Crippen LogP contribution in [0.3, 0.4) is 0 Å². The number of nitrogens with one attached hydrogen (secondary N) is 3. The number of amides is 2. The molecule has 3 aromatic carbocycles. The maximum Gasteiger partial charge on any atom is 0.307 e. The number of carboxylic acids is 1. The van der Waals surface area contributed by atoms with E-state index in [4.69, 9.17) is 16.7 Å². The van der Waals surface area contributed by atoms with Crippen LogP contribution in [0.25, 0.3) is 11.3 Å². The molecule has 8 nitrogen and oxygen atoms in total. The Morgan fingerprint density at radius 2 is 1.73 bits per heavy atom. The van der Waals surface area contributed by atoms with Crippen LogP contribution in [0.1, 0.15) is 23.6 Å². The Bertz CT molecular complexity index is 1370. The average molecular weight is 519 g/mol. The predicted octanol–water partition coefficient (Wildman–Crippen LogP) is 4.47. The van der Waals surface area contributed by atoms with Crippen molar-refractivity contribution in [1.82, 2.24) is 5.32 Å². The molecular formula is C28H27ClN4O4. The fraction of sp³-hybridized carbons (Fsp3) is 0.179. The molecule has 1 aliphatic rings. The monoisotopic (exact) mass is 518 g/mol. The second-order valence-electron chi connectivity index (χ2n) is 8.61. The van der Waals surface area contributed by atoms with Crippen LogP contribution in [0.5, 0.6) is 0 Å². The quantitative estimate of drug-likeness (QED) is 0.311. The first kappa shape index (κ1) is 25.9. The number of hydrogen-bond donors (Lipinski definition) is 4. The van der Waals surface area contributed by atoms with E-state index in [1.165, 1.54) is 6.92 Å². The summed E-state index contributed by atoms with van der Waals surface area (Å²) in [4.78, 5) is 38.0. The Labute approximate surface area is 219 Å². The molecule has 0 aliphatic carbocycles. The van der Waals surface area contributed by atoms with Crippen LogP contribution in [-0.2, 0) is 20.8 Å². The van der Waals surface area contributed by atoms with Crippen molar-refractivity contribution >= 4 is 57.7 Å². The van der Waals surface area contributed by atoms with Gasteiger partial charge in [0.25, 0.3) is 5.91 Å². The molecule has 0 atom stereocenters. The van der Waals surface area contributed by atoms with Crippen molar-refractivity contribution in [3.05, 3.63) is 88.4 Å². The molecule has 0 bridgehead atoms. The van der Waals surface area contributed by atoms with Gasteiger partial charge in [0.1, 0.15) is 0 Å². The lowest BCUT2D eigenvalue weighted by Gasteiger charge is -2.22. The third kappa shape index (κ3) is 5.99. The molecule has 0 aromatic heterocycles. The molecule has 190 valence electrons. The Hall–Kier alpha value is -4.14. The van der Waals surface area contributed by atoms with Gasteiger partial charge in [0.2, 0.25) is 5.91 Å². The first-order valence-corrected chi connectivity index (χ1v) is 12.1. The summed E-state index contributed by atoms with van der Waals surface area (Å²) in [6, 6.07) is 19.7. The molecule has 37 heavy (non-hydrogen) atoms. The van der Waals surface area contributed by atoms with Crippen molar-refractivity contribution in [2.75, 3.05) is 35.7 Å². The number of benzene rings is 3. The van der Waals surface area contributed by atoms with Gasteiger partial charge in [-0.05, 0) is 54.6 Å². The van der Waals surface area contributed by atoms with Crippen LogP contribution < -0.4 is 20.9 Å². The van der Waals surface area contributed by atoms with Gasteiger partial charge in [0.05, 0.1) is 23.4 Å². The number of hydrogen-bond acceptors (Lipinski definition) is 5. The lowest BCUT2D eigenvalue weighted by atomic mass is 9.98. The Kier molecular flexibility index (Phi) is 7.91. The second kappa shape index (κ2) is 11.3. The number of rotatable bonds is 9. The van der Waals surface area contributed by atoms with E-state index in [9.17, 15) is 14.4 Å². The van der Waals surface area contributed by atoms with Crippen LogP contribution in [0.4, 0.5) is 17.1 Å². The summed E-state index contributed by atoms with van der Waals surface area (Å²) < 4.78 is 0. The Balaban J connectivity index is 1.74. The number of fused-ring (bicyclic) bond motifs is 1. The Morgan fingerprint density at radius 1 is 1.03 bits per heavy atom. The van der Waals surface area contributed by atoms with Gasteiger partial charge in [0.15, 0.2) is 0 Å². The molecule has 1 heterocycles. The van der Waals surface area contributed by atoms with Crippen LogP contribution >= 0.6 is 11.6 Å². The molecule has 4 N–H and O–H groups in total. The van der Waals surface area contributed by atoms with E-state index in [0.717, 1.165) is 5.69 Å². The normalized spacial score (nSPS) is 13.5. The SMILES string of the molecule is CNCCN(C(C)=O)c1ccc(NC(=C2C(=O)Nc3cc(Cl)ccc32)c2ccc(CC(=O)O)cc2)cc1. The fourth-order valence-corrected chi connectivity index (χ4v) is 4.37. The molecule has 2 amide bonds. The van der Waals surface area contributed by atoms with Crippen LogP contribution in [-0.4, -0.2) is 43.0 Å². The largest absolute Gasteiger partial charge is 0.481 e. The van der Waals surface area contributed by atoms with E-state index in [1.807, 2.05) is 31.3 Å². The number of anilines is 3. The van der Waals surface area contributed by atoms with Gasteiger partial charge >= 0.3 is 5.97 Å². The van der Waals surface area contributed by atoms with Gasteiger partial charge in [-0.25, -0.2) is 0 Å². The van der Waals surface area contributed by atoms with E-state index in [0.29, 0.717) is 57.4 Å². The highest BCUT2D eigenvalue weighted by Gasteiger charge is 2.28. The number of halogens is 1. The lowest BCUT2D eigenvalue weighted by Crippen LogP contribution is -2.34. The molecule has 0 saturated carbocycles. The number of carbonyl (C=O) groups excluding carboxylic acids is 2. The summed E-state index contributed by atoms with van der Waals surface area (Å²) in [5.74, 6) is -1.25. The molecule has 0 spiro atoms. The zero-order chi connectivity index (χ0) is 26.5. The van der Waals surface area contributed by atoms with Crippen molar-refractivity contribution < 1.29 is 19.5 Å². The molecule has 4 rings (SSSR count). The summed E-state index contributed by atoms with van der Waals surface area (Å²) in [5.41, 5.74) is 5.17. The predicted molar refractivity (Wildman–Crippen MR) is 147 cm³/mol. The van der Waals surface area contributed by atoms with Gasteiger partial charge < -0.3 is 26.0 Å². The Morgan fingerprint density at radius 3 is 2.35 bits per heavy atom. The zero-order valence-electron chi connectivity index (χ0n) is 20.5. The van der Waals surface area contributed by atoms with Gasteiger partial charge in [-0.15, -0.1) is 0 Å². The third-order valence-electron chi connectivity index (χ3n) is 5.99. The summed E-state index contributed by atoms with van der Waals surface area (Å²) in [6.45, 7) is 2.73. The first-order valence-electron chi connectivity index (χ1n) is 11.7. The molecule has 0 saturated heterocycles. The molecular weight excluding hydrogens is 492 g/mol. The van der Waals surface area contributed by atoms with Crippen LogP contribution in [0.15, 0.2) is 66.7 Å². The molecule has 3 aromatic rings. The summed E-state index contributed by atoms with van der Waals surface area (Å²) in [5, 5.41) is 18.9. The van der Waals surface area contributed by atoms with Crippen molar-refractivity contribution in [2.24, 2.45) is 0 Å². The molecule has 0 unspecified atom stereocenters. The van der Waals surface area contributed by atoms with Crippen molar-refractivity contribution in [2.45, 2.75) is 13.3 Å². The van der Waals surface area contributed by atoms with Crippen LogP contribution in [0.2, 0.25) is 5.02 Å². The highest BCUT2D eigenvalue weighted by Crippen LogP contribution is 2.39. The van der Waals surface area contributed by atoms with E-state index < -0.39 is 5.97 Å². The summed E-state index contributed by atoms with van der Waals surface area (Å²) >= 11 is 6.14. The minimum atomic E-state index is -0.917. The highest BCUT2D eigenvalue weighted by molar-refractivity contribution is 6.38.